The molecule has 1 aliphatic rings. The molecule has 0 radical (unpaired) electrons. The van der Waals surface area contributed by atoms with Gasteiger partial charge in [0.05, 0.1) is 17.3 Å². The van der Waals surface area contributed by atoms with E-state index in [9.17, 15) is 18.0 Å². The summed E-state index contributed by atoms with van der Waals surface area (Å²) in [6.07, 6.45) is 2.14. The number of primary sulfonamides is 1. The van der Waals surface area contributed by atoms with Crippen molar-refractivity contribution in [1.82, 2.24) is 14.7 Å². The molecular weight excluding hydrogens is 332 g/mol. The Kier molecular flexibility index (Phi) is 4.37. The van der Waals surface area contributed by atoms with Gasteiger partial charge in [-0.3, -0.25) is 9.59 Å². The molecular formula is C15H18N4O4S. The van der Waals surface area contributed by atoms with E-state index in [-0.39, 0.29) is 29.7 Å². The first-order valence-corrected chi connectivity index (χ1v) is 9.28. The van der Waals surface area contributed by atoms with Gasteiger partial charge in [0.25, 0.3) is 5.56 Å². The molecule has 0 aliphatic carbocycles. The standard InChI is InChI=1S/C15H18N4O4S/c16-24(22,23)10-11-5-6-18(8-11)14(20)9-19-15(21)13-4-2-1-3-12(13)7-17-19/h1-4,7,11H,5-6,8-10H2,(H2,16,22,23)/t11-/m1/s1. The van der Waals surface area contributed by atoms with E-state index >= 15 is 0 Å². The van der Waals surface area contributed by atoms with Gasteiger partial charge in [-0.25, -0.2) is 18.2 Å². The van der Waals surface area contributed by atoms with Gasteiger partial charge in [0.2, 0.25) is 15.9 Å². The van der Waals surface area contributed by atoms with Gasteiger partial charge >= 0.3 is 0 Å². The molecule has 3 rings (SSSR count). The highest BCUT2D eigenvalue weighted by Crippen LogP contribution is 2.17. The lowest BCUT2D eigenvalue weighted by Crippen LogP contribution is -2.36. The first-order valence-electron chi connectivity index (χ1n) is 7.56. The van der Waals surface area contributed by atoms with Crippen LogP contribution >= 0.6 is 0 Å². The van der Waals surface area contributed by atoms with Crippen LogP contribution in [0.1, 0.15) is 6.42 Å². The molecule has 1 fully saturated rings. The molecule has 0 spiro atoms. The van der Waals surface area contributed by atoms with Crippen LogP contribution in [-0.2, 0) is 21.4 Å². The molecule has 0 saturated carbocycles. The molecule has 9 heteroatoms. The summed E-state index contributed by atoms with van der Waals surface area (Å²) in [4.78, 5) is 26.3. The van der Waals surface area contributed by atoms with Crippen molar-refractivity contribution >= 4 is 26.7 Å². The van der Waals surface area contributed by atoms with E-state index in [0.29, 0.717) is 24.9 Å². The first kappa shape index (κ1) is 16.6. The smallest absolute Gasteiger partial charge is 0.275 e. The van der Waals surface area contributed by atoms with E-state index in [4.69, 9.17) is 5.14 Å². The zero-order valence-electron chi connectivity index (χ0n) is 13.0. The molecule has 1 aliphatic heterocycles. The van der Waals surface area contributed by atoms with Crippen LogP contribution in [0, 0.1) is 5.92 Å². The zero-order chi connectivity index (χ0) is 17.3. The Morgan fingerprint density at radius 2 is 2.08 bits per heavy atom. The van der Waals surface area contributed by atoms with Crippen LogP contribution < -0.4 is 10.7 Å². The number of sulfonamides is 1. The topological polar surface area (TPSA) is 115 Å². The fraction of sp³-hybridized carbons (Fsp3) is 0.400. The Morgan fingerprint density at radius 3 is 2.83 bits per heavy atom. The molecule has 2 heterocycles. The summed E-state index contributed by atoms with van der Waals surface area (Å²) in [5, 5.41) is 10.3. The van der Waals surface area contributed by atoms with E-state index in [1.54, 1.807) is 29.3 Å². The highest BCUT2D eigenvalue weighted by atomic mass is 32.2. The molecule has 0 bridgehead atoms. The number of aromatic nitrogens is 2. The lowest BCUT2D eigenvalue weighted by Gasteiger charge is -2.16. The van der Waals surface area contributed by atoms with Gasteiger partial charge in [-0.2, -0.15) is 5.10 Å². The lowest BCUT2D eigenvalue weighted by atomic mass is 10.2. The normalized spacial score (nSPS) is 18.2. The van der Waals surface area contributed by atoms with Crippen LogP contribution in [0.4, 0.5) is 0 Å². The van der Waals surface area contributed by atoms with Crippen molar-refractivity contribution in [1.29, 1.82) is 0 Å². The number of carbonyl (C=O) groups is 1. The maximum absolute atomic E-state index is 12.4. The van der Waals surface area contributed by atoms with E-state index in [2.05, 4.69) is 5.10 Å². The third kappa shape index (κ3) is 3.62. The second-order valence-electron chi connectivity index (χ2n) is 6.02. The fourth-order valence-electron chi connectivity index (χ4n) is 2.99. The second kappa shape index (κ2) is 6.33. The zero-order valence-corrected chi connectivity index (χ0v) is 13.8. The number of benzene rings is 1. The number of carbonyl (C=O) groups excluding carboxylic acids is 1. The monoisotopic (exact) mass is 350 g/mol. The molecule has 2 N–H and O–H groups in total. The van der Waals surface area contributed by atoms with Crippen LogP contribution in [0.15, 0.2) is 35.3 Å². The van der Waals surface area contributed by atoms with Crippen molar-refractivity contribution in [2.75, 3.05) is 18.8 Å². The minimum atomic E-state index is -3.55. The fourth-order valence-corrected chi connectivity index (χ4v) is 3.92. The number of nitrogens with zero attached hydrogens (tertiary/aromatic N) is 3. The molecule has 1 aromatic heterocycles. The highest BCUT2D eigenvalue weighted by molar-refractivity contribution is 7.89. The summed E-state index contributed by atoms with van der Waals surface area (Å²) >= 11 is 0. The SMILES string of the molecule is NS(=O)(=O)C[C@@H]1CCN(C(=O)Cn2ncc3ccccc3c2=O)C1. The minimum Gasteiger partial charge on any atom is -0.341 e. The van der Waals surface area contributed by atoms with Gasteiger partial charge in [0.1, 0.15) is 6.54 Å². The van der Waals surface area contributed by atoms with Crippen molar-refractivity contribution in [3.63, 3.8) is 0 Å². The number of nitrogens with two attached hydrogens (primary N) is 1. The van der Waals surface area contributed by atoms with Crippen LogP contribution in [-0.4, -0.2) is 47.8 Å². The van der Waals surface area contributed by atoms with Gasteiger partial charge in [-0.1, -0.05) is 18.2 Å². The summed E-state index contributed by atoms with van der Waals surface area (Å²) in [5.74, 6) is -0.549. The number of hydrogen-bond donors (Lipinski definition) is 1. The first-order chi connectivity index (χ1) is 11.3. The number of likely N-dealkylation sites (tertiary alicyclic amines) is 1. The van der Waals surface area contributed by atoms with Crippen LogP contribution in [0.25, 0.3) is 10.8 Å². The van der Waals surface area contributed by atoms with Gasteiger partial charge < -0.3 is 4.90 Å². The number of rotatable bonds is 4. The molecule has 2 aromatic rings. The maximum atomic E-state index is 12.4. The van der Waals surface area contributed by atoms with E-state index in [1.165, 1.54) is 0 Å². The quantitative estimate of drug-likeness (QED) is 0.801. The average molecular weight is 350 g/mol. The molecule has 24 heavy (non-hydrogen) atoms. The van der Waals surface area contributed by atoms with Crippen LogP contribution in [0.5, 0.6) is 0 Å². The van der Waals surface area contributed by atoms with Crippen molar-refractivity contribution in [3.05, 3.63) is 40.8 Å². The van der Waals surface area contributed by atoms with Gasteiger partial charge in [0, 0.05) is 18.5 Å². The Balaban J connectivity index is 1.72. The van der Waals surface area contributed by atoms with Crippen molar-refractivity contribution in [3.8, 4) is 0 Å². The van der Waals surface area contributed by atoms with Crippen LogP contribution in [0.2, 0.25) is 0 Å². The summed E-state index contributed by atoms with van der Waals surface area (Å²) in [6.45, 7) is 0.630. The van der Waals surface area contributed by atoms with Gasteiger partial charge in [-0.15, -0.1) is 0 Å². The Labute approximate surface area is 138 Å². The van der Waals surface area contributed by atoms with Crippen LogP contribution in [0.3, 0.4) is 0 Å². The molecule has 1 atom stereocenters. The highest BCUT2D eigenvalue weighted by Gasteiger charge is 2.29. The number of hydrogen-bond acceptors (Lipinski definition) is 5. The Bertz CT molecular complexity index is 938. The van der Waals surface area contributed by atoms with Crippen molar-refractivity contribution in [2.24, 2.45) is 11.1 Å². The summed E-state index contributed by atoms with van der Waals surface area (Å²) < 4.78 is 23.4. The largest absolute Gasteiger partial charge is 0.341 e. The van der Waals surface area contributed by atoms with Crippen molar-refractivity contribution in [2.45, 2.75) is 13.0 Å². The molecule has 1 amide bonds. The Morgan fingerprint density at radius 1 is 1.33 bits per heavy atom. The summed E-state index contributed by atoms with van der Waals surface area (Å²) in [6, 6.07) is 7.05. The summed E-state index contributed by atoms with van der Waals surface area (Å²) in [7, 11) is -3.55. The minimum absolute atomic E-state index is 0.134. The third-order valence-corrected chi connectivity index (χ3v) is 5.09. The predicted molar refractivity (Wildman–Crippen MR) is 88.7 cm³/mol. The molecule has 1 aromatic carbocycles. The summed E-state index contributed by atoms with van der Waals surface area (Å²) in [5.41, 5.74) is -0.318. The van der Waals surface area contributed by atoms with Gasteiger partial charge in [0.15, 0.2) is 0 Å². The average Bonchev–Trinajstić information content (AvgIpc) is 2.97. The Hall–Kier alpha value is -2.26. The maximum Gasteiger partial charge on any atom is 0.275 e. The molecule has 128 valence electrons. The molecule has 1 saturated heterocycles. The number of amides is 1. The number of fused-ring (bicyclic) bond motifs is 1. The van der Waals surface area contributed by atoms with E-state index in [1.807, 2.05) is 6.07 Å². The van der Waals surface area contributed by atoms with Gasteiger partial charge in [-0.05, 0) is 18.4 Å². The van der Waals surface area contributed by atoms with Crippen molar-refractivity contribution < 1.29 is 13.2 Å². The van der Waals surface area contributed by atoms with E-state index < -0.39 is 10.0 Å². The molecule has 8 nitrogen and oxygen atoms in total. The predicted octanol–water partition coefficient (Wildman–Crippen LogP) is -0.466. The second-order valence-corrected chi connectivity index (χ2v) is 7.68. The molecule has 0 unspecified atom stereocenters. The third-order valence-electron chi connectivity index (χ3n) is 4.15. The lowest BCUT2D eigenvalue weighted by molar-refractivity contribution is -0.131. The van der Waals surface area contributed by atoms with E-state index in [0.717, 1.165) is 10.1 Å².